The lowest BCUT2D eigenvalue weighted by molar-refractivity contribution is 0.0248. The molecule has 1 aliphatic heterocycles. The van der Waals surface area contributed by atoms with E-state index in [2.05, 4.69) is 54.2 Å². The maximum Gasteiger partial charge on any atom is 0.127 e. The van der Waals surface area contributed by atoms with Crippen LogP contribution in [0.5, 0.6) is 5.75 Å². The van der Waals surface area contributed by atoms with Gasteiger partial charge < -0.3 is 14.8 Å². The van der Waals surface area contributed by atoms with Crippen LogP contribution >= 0.6 is 15.9 Å². The van der Waals surface area contributed by atoms with Crippen LogP contribution in [0.4, 0.5) is 0 Å². The number of aryl methyl sites for hydroxylation is 1. The van der Waals surface area contributed by atoms with Crippen molar-refractivity contribution in [3.63, 3.8) is 0 Å². The van der Waals surface area contributed by atoms with Crippen molar-refractivity contribution in [3.8, 4) is 5.75 Å². The van der Waals surface area contributed by atoms with Crippen molar-refractivity contribution in [1.82, 2.24) is 5.32 Å². The van der Waals surface area contributed by atoms with E-state index in [4.69, 9.17) is 9.47 Å². The summed E-state index contributed by atoms with van der Waals surface area (Å²) in [6.45, 7) is 8.86. The fourth-order valence-electron chi connectivity index (χ4n) is 2.37. The van der Waals surface area contributed by atoms with Gasteiger partial charge in [0.25, 0.3) is 0 Å². The Hall–Kier alpha value is -0.580. The van der Waals surface area contributed by atoms with Crippen molar-refractivity contribution in [2.24, 2.45) is 0 Å². The molecular formula is C16H24BrNO2. The van der Waals surface area contributed by atoms with Gasteiger partial charge in [-0.1, -0.05) is 29.8 Å². The fourth-order valence-corrected chi connectivity index (χ4v) is 2.99. The Morgan fingerprint density at radius 3 is 2.70 bits per heavy atom. The number of rotatable bonds is 5. The van der Waals surface area contributed by atoms with E-state index in [1.165, 1.54) is 11.1 Å². The molecule has 3 nitrogen and oxygen atoms in total. The maximum atomic E-state index is 6.26. The van der Waals surface area contributed by atoms with E-state index in [0.717, 1.165) is 42.8 Å². The molecule has 0 amide bonds. The highest BCUT2D eigenvalue weighted by molar-refractivity contribution is 9.10. The Labute approximate surface area is 130 Å². The molecule has 2 rings (SSSR count). The second kappa shape index (κ2) is 7.43. The van der Waals surface area contributed by atoms with Gasteiger partial charge in [-0.25, -0.2) is 0 Å². The lowest BCUT2D eigenvalue weighted by atomic mass is 10.1. The summed E-state index contributed by atoms with van der Waals surface area (Å²) in [6.07, 6.45) is 2.24. The first-order chi connectivity index (χ1) is 9.56. The van der Waals surface area contributed by atoms with E-state index in [0.29, 0.717) is 6.04 Å². The smallest absolute Gasteiger partial charge is 0.127 e. The van der Waals surface area contributed by atoms with Crippen molar-refractivity contribution in [3.05, 3.63) is 27.7 Å². The Kier molecular flexibility index (Phi) is 5.87. The number of hydrogen-bond donors (Lipinski definition) is 1. The van der Waals surface area contributed by atoms with Crippen molar-refractivity contribution < 1.29 is 9.47 Å². The van der Waals surface area contributed by atoms with Gasteiger partial charge in [-0.2, -0.15) is 0 Å². The standard InChI is InChI=1S/C16H24BrNO2/c1-11(2)18-10-13-9-14(17)8-12(3)16(13)20-15-4-6-19-7-5-15/h8-9,11,15,18H,4-7,10H2,1-3H3. The Morgan fingerprint density at radius 2 is 2.05 bits per heavy atom. The summed E-state index contributed by atoms with van der Waals surface area (Å²) in [7, 11) is 0. The van der Waals surface area contributed by atoms with Crippen molar-refractivity contribution in [2.75, 3.05) is 13.2 Å². The van der Waals surface area contributed by atoms with E-state index in [1.807, 2.05) is 0 Å². The van der Waals surface area contributed by atoms with E-state index >= 15 is 0 Å². The monoisotopic (exact) mass is 341 g/mol. The first kappa shape index (κ1) is 15.8. The lowest BCUT2D eigenvalue weighted by Gasteiger charge is -2.26. The molecule has 1 aromatic rings. The third-order valence-electron chi connectivity index (χ3n) is 3.47. The molecule has 0 bridgehead atoms. The van der Waals surface area contributed by atoms with Gasteiger partial charge in [-0.05, 0) is 24.6 Å². The van der Waals surface area contributed by atoms with Gasteiger partial charge in [0.2, 0.25) is 0 Å². The van der Waals surface area contributed by atoms with Gasteiger partial charge in [0.05, 0.1) is 13.2 Å². The van der Waals surface area contributed by atoms with E-state index in [1.54, 1.807) is 0 Å². The summed E-state index contributed by atoms with van der Waals surface area (Å²) < 4.78 is 12.8. The molecule has 1 fully saturated rings. The second-order valence-corrected chi connectivity index (χ2v) is 6.59. The minimum atomic E-state index is 0.279. The first-order valence-corrected chi connectivity index (χ1v) is 8.12. The third kappa shape index (κ3) is 4.47. The molecule has 0 radical (unpaired) electrons. The minimum Gasteiger partial charge on any atom is -0.490 e. The van der Waals surface area contributed by atoms with Crippen molar-refractivity contribution in [1.29, 1.82) is 0 Å². The van der Waals surface area contributed by atoms with Crippen LogP contribution in [0.1, 0.15) is 37.8 Å². The average molecular weight is 342 g/mol. The Bertz CT molecular complexity index is 442. The molecule has 0 aliphatic carbocycles. The van der Waals surface area contributed by atoms with Gasteiger partial charge in [0, 0.05) is 35.5 Å². The van der Waals surface area contributed by atoms with Gasteiger partial charge in [0.15, 0.2) is 0 Å². The van der Waals surface area contributed by atoms with Crippen LogP contribution in [0.2, 0.25) is 0 Å². The maximum absolute atomic E-state index is 6.26. The Balaban J connectivity index is 2.15. The van der Waals surface area contributed by atoms with Gasteiger partial charge >= 0.3 is 0 Å². The van der Waals surface area contributed by atoms with Gasteiger partial charge in [-0.3, -0.25) is 0 Å². The predicted molar refractivity (Wildman–Crippen MR) is 85.3 cm³/mol. The number of nitrogens with one attached hydrogen (secondary N) is 1. The molecule has 1 saturated heterocycles. The van der Waals surface area contributed by atoms with Crippen molar-refractivity contribution >= 4 is 15.9 Å². The zero-order valence-corrected chi connectivity index (χ0v) is 14.1. The predicted octanol–water partition coefficient (Wildman–Crippen LogP) is 3.81. The summed E-state index contributed by atoms with van der Waals surface area (Å²) in [5.74, 6) is 1.04. The molecule has 20 heavy (non-hydrogen) atoms. The normalized spacial score (nSPS) is 16.6. The van der Waals surface area contributed by atoms with Crippen LogP contribution in [-0.4, -0.2) is 25.4 Å². The van der Waals surface area contributed by atoms with E-state index < -0.39 is 0 Å². The van der Waals surface area contributed by atoms with Gasteiger partial charge in [0.1, 0.15) is 11.9 Å². The molecule has 0 aromatic heterocycles. The molecule has 4 heteroatoms. The van der Waals surface area contributed by atoms with Crippen LogP contribution in [0.15, 0.2) is 16.6 Å². The average Bonchev–Trinajstić information content (AvgIpc) is 2.41. The molecule has 0 spiro atoms. The van der Waals surface area contributed by atoms with Crippen molar-refractivity contribution in [2.45, 2.75) is 52.3 Å². The van der Waals surface area contributed by atoms with E-state index in [-0.39, 0.29) is 6.10 Å². The zero-order chi connectivity index (χ0) is 14.5. The second-order valence-electron chi connectivity index (χ2n) is 5.68. The summed E-state index contributed by atoms with van der Waals surface area (Å²) in [5, 5.41) is 3.47. The lowest BCUT2D eigenvalue weighted by Crippen LogP contribution is -2.27. The molecule has 1 N–H and O–H groups in total. The highest BCUT2D eigenvalue weighted by atomic mass is 79.9. The molecule has 1 aliphatic rings. The molecule has 0 saturated carbocycles. The quantitative estimate of drug-likeness (QED) is 0.883. The molecule has 1 heterocycles. The summed E-state index contributed by atoms with van der Waals surface area (Å²) in [5.41, 5.74) is 2.41. The molecule has 112 valence electrons. The van der Waals surface area contributed by atoms with Crippen LogP contribution in [0.3, 0.4) is 0 Å². The fraction of sp³-hybridized carbons (Fsp3) is 0.625. The van der Waals surface area contributed by atoms with E-state index in [9.17, 15) is 0 Å². The highest BCUT2D eigenvalue weighted by Gasteiger charge is 2.18. The zero-order valence-electron chi connectivity index (χ0n) is 12.5. The molecule has 0 unspecified atom stereocenters. The van der Waals surface area contributed by atoms with Crippen LogP contribution in [-0.2, 0) is 11.3 Å². The number of hydrogen-bond acceptors (Lipinski definition) is 3. The Morgan fingerprint density at radius 1 is 1.35 bits per heavy atom. The largest absolute Gasteiger partial charge is 0.490 e. The molecule has 1 aromatic carbocycles. The third-order valence-corrected chi connectivity index (χ3v) is 3.93. The molecular weight excluding hydrogens is 318 g/mol. The number of ether oxygens (including phenoxy) is 2. The minimum absolute atomic E-state index is 0.279. The SMILES string of the molecule is Cc1cc(Br)cc(CNC(C)C)c1OC1CCOCC1. The summed E-state index contributed by atoms with van der Waals surface area (Å²) in [6, 6.07) is 4.73. The highest BCUT2D eigenvalue weighted by Crippen LogP contribution is 2.30. The van der Waals surface area contributed by atoms with Crippen LogP contribution < -0.4 is 10.1 Å². The van der Waals surface area contributed by atoms with Crippen LogP contribution in [0, 0.1) is 6.92 Å². The number of benzene rings is 1. The van der Waals surface area contributed by atoms with Gasteiger partial charge in [-0.15, -0.1) is 0 Å². The topological polar surface area (TPSA) is 30.5 Å². The first-order valence-electron chi connectivity index (χ1n) is 7.33. The van der Waals surface area contributed by atoms with Crippen LogP contribution in [0.25, 0.3) is 0 Å². The molecule has 0 atom stereocenters. The number of halogens is 1. The summed E-state index contributed by atoms with van der Waals surface area (Å²) in [4.78, 5) is 0. The summed E-state index contributed by atoms with van der Waals surface area (Å²) >= 11 is 3.58.